The lowest BCUT2D eigenvalue weighted by Crippen LogP contribution is -2.51. The number of carbonyl (C=O) groups excluding carboxylic acids is 2. The predicted octanol–water partition coefficient (Wildman–Crippen LogP) is 2.44. The van der Waals surface area contributed by atoms with Crippen LogP contribution in [0.3, 0.4) is 0 Å². The van der Waals surface area contributed by atoms with E-state index >= 15 is 0 Å². The molecule has 1 aromatic rings. The van der Waals surface area contributed by atoms with Crippen molar-refractivity contribution in [3.05, 3.63) is 23.8 Å². The van der Waals surface area contributed by atoms with Crippen LogP contribution in [0.1, 0.15) is 38.8 Å². The van der Waals surface area contributed by atoms with E-state index in [0.717, 1.165) is 23.5 Å². The van der Waals surface area contributed by atoms with Gasteiger partial charge in [-0.25, -0.2) is 4.79 Å². The lowest BCUT2D eigenvalue weighted by atomic mass is 9.95. The molecule has 8 heteroatoms. The van der Waals surface area contributed by atoms with Gasteiger partial charge in [0.15, 0.2) is 11.5 Å². The number of hydrogen-bond donors (Lipinski definition) is 1. The van der Waals surface area contributed by atoms with Gasteiger partial charge in [-0.3, -0.25) is 9.69 Å². The lowest BCUT2D eigenvalue weighted by molar-refractivity contribution is -0.123. The lowest BCUT2D eigenvalue weighted by Gasteiger charge is -2.34. The minimum Gasteiger partial charge on any atom is -0.490 e. The van der Waals surface area contributed by atoms with Crippen LogP contribution in [0, 0.1) is 5.92 Å². The second-order valence-electron chi connectivity index (χ2n) is 8.01. The molecule has 1 unspecified atom stereocenters. The summed E-state index contributed by atoms with van der Waals surface area (Å²) in [6.07, 6.45) is 0.577. The normalized spacial score (nSPS) is 17.9. The molecule has 0 saturated carbocycles. The number of ether oxygens (including phenoxy) is 3. The molecule has 0 aliphatic carbocycles. The molecule has 166 valence electrons. The Morgan fingerprint density at radius 2 is 1.80 bits per heavy atom. The van der Waals surface area contributed by atoms with Crippen molar-refractivity contribution in [2.45, 2.75) is 33.2 Å². The summed E-state index contributed by atoms with van der Waals surface area (Å²) < 4.78 is 16.6. The molecule has 0 aromatic heterocycles. The molecule has 30 heavy (non-hydrogen) atoms. The zero-order valence-electron chi connectivity index (χ0n) is 18.2. The third kappa shape index (κ3) is 5.78. The fourth-order valence-electron chi connectivity index (χ4n) is 3.73. The number of rotatable bonds is 6. The van der Waals surface area contributed by atoms with Gasteiger partial charge in [0, 0.05) is 32.6 Å². The van der Waals surface area contributed by atoms with E-state index in [-0.39, 0.29) is 24.0 Å². The van der Waals surface area contributed by atoms with E-state index in [1.165, 1.54) is 0 Å². The number of amides is 2. The van der Waals surface area contributed by atoms with Crippen LogP contribution in [0.4, 0.5) is 4.79 Å². The third-order valence-electron chi connectivity index (χ3n) is 5.38. The summed E-state index contributed by atoms with van der Waals surface area (Å²) in [6, 6.07) is 5.78. The van der Waals surface area contributed by atoms with E-state index < -0.39 is 0 Å². The van der Waals surface area contributed by atoms with E-state index in [2.05, 4.69) is 24.1 Å². The minimum absolute atomic E-state index is 0.0228. The van der Waals surface area contributed by atoms with Crippen LogP contribution in [0.5, 0.6) is 11.5 Å². The number of carbonyl (C=O) groups is 2. The van der Waals surface area contributed by atoms with Gasteiger partial charge in [-0.2, -0.15) is 0 Å². The van der Waals surface area contributed by atoms with E-state index in [1.54, 1.807) is 11.8 Å². The zero-order chi connectivity index (χ0) is 21.5. The van der Waals surface area contributed by atoms with Gasteiger partial charge in [0.05, 0.1) is 32.4 Å². The summed E-state index contributed by atoms with van der Waals surface area (Å²) in [6.45, 7) is 10.4. The molecule has 1 fully saturated rings. The molecular weight excluding hydrogens is 386 g/mol. The second-order valence-corrected chi connectivity index (χ2v) is 8.01. The van der Waals surface area contributed by atoms with E-state index in [0.29, 0.717) is 52.5 Å². The Kier molecular flexibility index (Phi) is 7.79. The highest BCUT2D eigenvalue weighted by atomic mass is 16.6. The average molecular weight is 420 g/mol. The number of nitrogens with zero attached hydrogens (tertiary/aromatic N) is 2. The molecular formula is C22H33N3O5. The zero-order valence-corrected chi connectivity index (χ0v) is 18.2. The first-order chi connectivity index (χ1) is 14.5. The summed E-state index contributed by atoms with van der Waals surface area (Å²) in [5.74, 6) is 1.69. The minimum atomic E-state index is -0.282. The Hall–Kier alpha value is -2.48. The summed E-state index contributed by atoms with van der Waals surface area (Å²) in [7, 11) is 0. The van der Waals surface area contributed by atoms with Crippen molar-refractivity contribution in [1.82, 2.24) is 15.1 Å². The van der Waals surface area contributed by atoms with Gasteiger partial charge in [0.2, 0.25) is 5.91 Å². The fraction of sp³-hybridized carbons (Fsp3) is 0.636. The van der Waals surface area contributed by atoms with Crippen molar-refractivity contribution < 1.29 is 23.8 Å². The number of nitrogens with one attached hydrogen (secondary N) is 1. The standard InChI is InChI=1S/C22H33N3O5/c1-4-28-22(27)25-10-8-24(9-11-25)15-20(26)23-21(16(2)3)17-6-7-18-19(14-17)30-13-5-12-29-18/h6-7,14,16,21H,4-5,8-13,15H2,1-3H3,(H,23,26). The van der Waals surface area contributed by atoms with Gasteiger partial charge in [-0.1, -0.05) is 19.9 Å². The quantitative estimate of drug-likeness (QED) is 0.763. The SMILES string of the molecule is CCOC(=O)N1CCN(CC(=O)NC(c2ccc3c(c2)OCCCO3)C(C)C)CC1. The Morgan fingerprint density at radius 1 is 1.10 bits per heavy atom. The van der Waals surface area contributed by atoms with Crippen LogP contribution in [-0.4, -0.2) is 74.3 Å². The predicted molar refractivity (Wildman–Crippen MR) is 113 cm³/mol. The molecule has 3 rings (SSSR count). The highest BCUT2D eigenvalue weighted by Gasteiger charge is 2.25. The molecule has 2 aliphatic heterocycles. The van der Waals surface area contributed by atoms with Crippen LogP contribution < -0.4 is 14.8 Å². The van der Waals surface area contributed by atoms with Crippen molar-refractivity contribution in [3.8, 4) is 11.5 Å². The maximum atomic E-state index is 12.7. The van der Waals surface area contributed by atoms with Crippen LogP contribution in [0.25, 0.3) is 0 Å². The van der Waals surface area contributed by atoms with Gasteiger partial charge in [-0.15, -0.1) is 0 Å². The number of hydrogen-bond acceptors (Lipinski definition) is 6. The molecule has 1 atom stereocenters. The molecule has 2 amide bonds. The molecule has 0 bridgehead atoms. The summed E-state index contributed by atoms with van der Waals surface area (Å²) in [5.41, 5.74) is 1.01. The monoisotopic (exact) mass is 419 g/mol. The molecule has 0 radical (unpaired) electrons. The first-order valence-electron chi connectivity index (χ1n) is 10.8. The Morgan fingerprint density at radius 3 is 2.47 bits per heavy atom. The summed E-state index contributed by atoms with van der Waals surface area (Å²) >= 11 is 0. The van der Waals surface area contributed by atoms with Gasteiger partial charge in [0.1, 0.15) is 0 Å². The first-order valence-corrected chi connectivity index (χ1v) is 10.8. The van der Waals surface area contributed by atoms with Crippen LogP contribution in [-0.2, 0) is 9.53 Å². The van der Waals surface area contributed by atoms with E-state index in [4.69, 9.17) is 14.2 Å². The van der Waals surface area contributed by atoms with Crippen LogP contribution in [0.2, 0.25) is 0 Å². The number of benzene rings is 1. The highest BCUT2D eigenvalue weighted by Crippen LogP contribution is 2.34. The molecule has 1 aromatic carbocycles. The van der Waals surface area contributed by atoms with Crippen molar-refractivity contribution in [2.24, 2.45) is 5.92 Å². The van der Waals surface area contributed by atoms with Crippen LogP contribution >= 0.6 is 0 Å². The maximum absolute atomic E-state index is 12.7. The van der Waals surface area contributed by atoms with Gasteiger partial charge in [-0.05, 0) is 30.5 Å². The Bertz CT molecular complexity index is 731. The largest absolute Gasteiger partial charge is 0.490 e. The van der Waals surface area contributed by atoms with Gasteiger partial charge < -0.3 is 24.4 Å². The molecule has 2 heterocycles. The number of piperazine rings is 1. The Labute approximate surface area is 178 Å². The smallest absolute Gasteiger partial charge is 0.409 e. The maximum Gasteiger partial charge on any atom is 0.409 e. The highest BCUT2D eigenvalue weighted by molar-refractivity contribution is 5.78. The molecule has 1 N–H and O–H groups in total. The molecule has 1 saturated heterocycles. The third-order valence-corrected chi connectivity index (χ3v) is 5.38. The molecule has 2 aliphatic rings. The van der Waals surface area contributed by atoms with Crippen molar-refractivity contribution in [2.75, 3.05) is 52.5 Å². The average Bonchev–Trinajstić information content (AvgIpc) is 2.97. The molecule has 8 nitrogen and oxygen atoms in total. The van der Waals surface area contributed by atoms with Crippen molar-refractivity contribution >= 4 is 12.0 Å². The second kappa shape index (κ2) is 10.5. The van der Waals surface area contributed by atoms with E-state index in [1.807, 2.05) is 18.2 Å². The summed E-state index contributed by atoms with van der Waals surface area (Å²) in [5, 5.41) is 3.17. The van der Waals surface area contributed by atoms with Crippen molar-refractivity contribution in [1.29, 1.82) is 0 Å². The van der Waals surface area contributed by atoms with Gasteiger partial charge >= 0.3 is 6.09 Å². The van der Waals surface area contributed by atoms with Crippen LogP contribution in [0.15, 0.2) is 18.2 Å². The fourth-order valence-corrected chi connectivity index (χ4v) is 3.73. The van der Waals surface area contributed by atoms with Crippen molar-refractivity contribution in [3.63, 3.8) is 0 Å². The van der Waals surface area contributed by atoms with E-state index in [9.17, 15) is 9.59 Å². The number of fused-ring (bicyclic) bond motifs is 1. The van der Waals surface area contributed by atoms with Gasteiger partial charge in [0.25, 0.3) is 0 Å². The topological polar surface area (TPSA) is 80.3 Å². The summed E-state index contributed by atoms with van der Waals surface area (Å²) in [4.78, 5) is 28.3. The first kappa shape index (κ1) is 22.2. The molecule has 0 spiro atoms. The Balaban J connectivity index is 1.56.